The van der Waals surface area contributed by atoms with Gasteiger partial charge >= 0.3 is 0 Å². The topological polar surface area (TPSA) is 60.2 Å². The number of thiophene rings is 1. The van der Waals surface area contributed by atoms with Gasteiger partial charge in [-0.15, -0.1) is 11.3 Å². The van der Waals surface area contributed by atoms with Crippen molar-refractivity contribution in [2.24, 2.45) is 5.14 Å². The standard InChI is InChI=1S/C5H6BrNO2S2/c6-5-2-1-4(10-5)3-11(7,8)9/h1-2H,3H2,(H2,7,8,9). The summed E-state index contributed by atoms with van der Waals surface area (Å²) in [5.74, 6) is -0.0801. The van der Waals surface area contributed by atoms with Crippen molar-refractivity contribution in [3.63, 3.8) is 0 Å². The molecule has 1 aromatic heterocycles. The van der Waals surface area contributed by atoms with E-state index in [1.807, 2.05) is 0 Å². The Morgan fingerprint density at radius 3 is 2.55 bits per heavy atom. The Bertz CT molecular complexity index is 343. The highest BCUT2D eigenvalue weighted by Crippen LogP contribution is 2.22. The molecule has 1 rings (SSSR count). The van der Waals surface area contributed by atoms with E-state index in [1.54, 1.807) is 12.1 Å². The summed E-state index contributed by atoms with van der Waals surface area (Å²) in [5, 5.41) is 4.84. The van der Waals surface area contributed by atoms with E-state index in [0.29, 0.717) is 0 Å². The van der Waals surface area contributed by atoms with Crippen LogP contribution in [0, 0.1) is 0 Å². The van der Waals surface area contributed by atoms with Gasteiger partial charge < -0.3 is 0 Å². The third kappa shape index (κ3) is 3.33. The van der Waals surface area contributed by atoms with Crippen LogP contribution in [0.5, 0.6) is 0 Å². The van der Waals surface area contributed by atoms with Gasteiger partial charge in [0.15, 0.2) is 0 Å². The molecule has 1 aromatic rings. The van der Waals surface area contributed by atoms with Crippen LogP contribution in [0.1, 0.15) is 4.88 Å². The van der Waals surface area contributed by atoms with Gasteiger partial charge in [0.2, 0.25) is 10.0 Å². The Morgan fingerprint density at radius 2 is 2.18 bits per heavy atom. The van der Waals surface area contributed by atoms with Gasteiger partial charge in [0.05, 0.1) is 9.54 Å². The molecule has 0 spiro atoms. The van der Waals surface area contributed by atoms with Gasteiger partial charge in [0, 0.05) is 4.88 Å². The molecular weight excluding hydrogens is 250 g/mol. The molecule has 0 saturated heterocycles. The van der Waals surface area contributed by atoms with E-state index in [4.69, 9.17) is 5.14 Å². The molecule has 0 aliphatic carbocycles. The summed E-state index contributed by atoms with van der Waals surface area (Å²) in [5.41, 5.74) is 0. The summed E-state index contributed by atoms with van der Waals surface area (Å²) in [6.07, 6.45) is 0. The average molecular weight is 256 g/mol. The van der Waals surface area contributed by atoms with Gasteiger partial charge in [-0.25, -0.2) is 13.6 Å². The smallest absolute Gasteiger partial charge is 0.214 e. The van der Waals surface area contributed by atoms with Gasteiger partial charge in [0.1, 0.15) is 0 Å². The van der Waals surface area contributed by atoms with E-state index in [1.165, 1.54) is 11.3 Å². The molecule has 62 valence electrons. The van der Waals surface area contributed by atoms with Crippen LogP contribution in [0.3, 0.4) is 0 Å². The molecule has 0 fully saturated rings. The quantitative estimate of drug-likeness (QED) is 0.866. The third-order valence-corrected chi connectivity index (χ3v) is 3.49. The van der Waals surface area contributed by atoms with Gasteiger partial charge in [-0.1, -0.05) is 0 Å². The molecule has 3 nitrogen and oxygen atoms in total. The number of nitrogens with two attached hydrogens (primary N) is 1. The summed E-state index contributed by atoms with van der Waals surface area (Å²) in [6.45, 7) is 0. The van der Waals surface area contributed by atoms with Crippen LogP contribution in [0.2, 0.25) is 0 Å². The maximum absolute atomic E-state index is 10.6. The number of rotatable bonds is 2. The van der Waals surface area contributed by atoms with Gasteiger partial charge in [0.25, 0.3) is 0 Å². The van der Waals surface area contributed by atoms with Crippen LogP contribution in [0.25, 0.3) is 0 Å². The van der Waals surface area contributed by atoms with Gasteiger partial charge in [-0.05, 0) is 28.1 Å². The second-order valence-electron chi connectivity index (χ2n) is 2.01. The Hall–Kier alpha value is 0.0900. The first-order valence-electron chi connectivity index (χ1n) is 2.72. The van der Waals surface area contributed by atoms with Crippen molar-refractivity contribution in [2.45, 2.75) is 5.75 Å². The molecule has 0 unspecified atom stereocenters. The van der Waals surface area contributed by atoms with Crippen LogP contribution >= 0.6 is 27.3 Å². The zero-order chi connectivity index (χ0) is 8.48. The lowest BCUT2D eigenvalue weighted by Gasteiger charge is -1.91. The lowest BCUT2D eigenvalue weighted by Crippen LogP contribution is -2.13. The summed E-state index contributed by atoms with van der Waals surface area (Å²) in [6, 6.07) is 3.53. The number of hydrogen-bond acceptors (Lipinski definition) is 3. The zero-order valence-corrected chi connectivity index (χ0v) is 8.67. The van der Waals surface area contributed by atoms with Gasteiger partial charge in [-0.3, -0.25) is 0 Å². The second-order valence-corrected chi connectivity index (χ2v) is 6.17. The van der Waals surface area contributed by atoms with Crippen molar-refractivity contribution < 1.29 is 8.42 Å². The fraction of sp³-hybridized carbons (Fsp3) is 0.200. The summed E-state index contributed by atoms with van der Waals surface area (Å²) in [7, 11) is -3.37. The molecule has 0 aliphatic rings. The number of sulfonamides is 1. The van der Waals surface area contributed by atoms with E-state index in [2.05, 4.69) is 15.9 Å². The number of halogens is 1. The highest BCUT2D eigenvalue weighted by molar-refractivity contribution is 9.11. The normalized spacial score (nSPS) is 11.8. The molecule has 0 atom stereocenters. The number of hydrogen-bond donors (Lipinski definition) is 1. The maximum atomic E-state index is 10.6. The Morgan fingerprint density at radius 1 is 1.55 bits per heavy atom. The molecular formula is C5H6BrNO2S2. The van der Waals surface area contributed by atoms with Crippen LogP contribution in [0.4, 0.5) is 0 Å². The molecule has 0 aromatic carbocycles. The van der Waals surface area contributed by atoms with E-state index in [9.17, 15) is 8.42 Å². The first-order valence-corrected chi connectivity index (χ1v) is 6.04. The van der Waals surface area contributed by atoms with E-state index >= 15 is 0 Å². The lowest BCUT2D eigenvalue weighted by molar-refractivity contribution is 0.597. The summed E-state index contributed by atoms with van der Waals surface area (Å²) < 4.78 is 22.1. The highest BCUT2D eigenvalue weighted by Gasteiger charge is 2.06. The monoisotopic (exact) mass is 255 g/mol. The SMILES string of the molecule is NS(=O)(=O)Cc1ccc(Br)s1. The molecule has 0 bridgehead atoms. The Labute approximate surface area is 77.4 Å². The zero-order valence-electron chi connectivity index (χ0n) is 5.45. The molecule has 0 aliphatic heterocycles. The van der Waals surface area contributed by atoms with E-state index < -0.39 is 10.0 Å². The minimum absolute atomic E-state index is 0.0801. The summed E-state index contributed by atoms with van der Waals surface area (Å²) >= 11 is 4.59. The average Bonchev–Trinajstić information content (AvgIpc) is 2.10. The Kier molecular flexibility index (Phi) is 2.69. The first-order chi connectivity index (χ1) is 4.97. The van der Waals surface area contributed by atoms with Crippen molar-refractivity contribution in [2.75, 3.05) is 0 Å². The van der Waals surface area contributed by atoms with Crippen molar-refractivity contribution in [3.05, 3.63) is 20.8 Å². The molecule has 2 N–H and O–H groups in total. The molecule has 0 saturated carbocycles. The largest absolute Gasteiger partial charge is 0.228 e. The molecule has 0 amide bonds. The van der Waals surface area contributed by atoms with Crippen molar-refractivity contribution in [3.8, 4) is 0 Å². The maximum Gasteiger partial charge on any atom is 0.214 e. The predicted octanol–water partition coefficient (Wildman–Crippen LogP) is 1.30. The van der Waals surface area contributed by atoms with Crippen molar-refractivity contribution in [1.29, 1.82) is 0 Å². The van der Waals surface area contributed by atoms with E-state index in [-0.39, 0.29) is 5.75 Å². The van der Waals surface area contributed by atoms with Crippen LogP contribution in [-0.2, 0) is 15.8 Å². The fourth-order valence-electron chi connectivity index (χ4n) is 0.628. The summed E-state index contributed by atoms with van der Waals surface area (Å²) in [4.78, 5) is 0.749. The highest BCUT2D eigenvalue weighted by atomic mass is 79.9. The Balaban J connectivity index is 2.81. The fourth-order valence-corrected chi connectivity index (χ4v) is 3.13. The van der Waals surface area contributed by atoms with E-state index in [0.717, 1.165) is 8.66 Å². The van der Waals surface area contributed by atoms with Crippen molar-refractivity contribution in [1.82, 2.24) is 0 Å². The minimum atomic E-state index is -3.37. The molecule has 6 heteroatoms. The van der Waals surface area contributed by atoms with Crippen LogP contribution < -0.4 is 5.14 Å². The van der Waals surface area contributed by atoms with Gasteiger partial charge in [-0.2, -0.15) is 0 Å². The minimum Gasteiger partial charge on any atom is -0.228 e. The van der Waals surface area contributed by atoms with Crippen molar-refractivity contribution >= 4 is 37.3 Å². The van der Waals surface area contributed by atoms with Crippen LogP contribution in [0.15, 0.2) is 15.9 Å². The molecule has 0 radical (unpaired) electrons. The molecule has 1 heterocycles. The second kappa shape index (κ2) is 3.22. The first kappa shape index (κ1) is 9.18. The number of primary sulfonamides is 1. The third-order valence-electron chi connectivity index (χ3n) is 0.972. The lowest BCUT2D eigenvalue weighted by atomic mass is 10.5. The van der Waals surface area contributed by atoms with Crippen LogP contribution in [-0.4, -0.2) is 8.42 Å². The predicted molar refractivity (Wildman–Crippen MR) is 48.8 cm³/mol. The molecule has 11 heavy (non-hydrogen) atoms.